The lowest BCUT2D eigenvalue weighted by Crippen LogP contribution is -2.00. The van der Waals surface area contributed by atoms with Gasteiger partial charge in [0.2, 0.25) is 0 Å². The van der Waals surface area contributed by atoms with E-state index in [2.05, 4.69) is 78.9 Å². The van der Waals surface area contributed by atoms with Gasteiger partial charge in [0.05, 0.1) is 0 Å². The van der Waals surface area contributed by atoms with Crippen LogP contribution >= 0.6 is 0 Å². The molecule has 0 amide bonds. The Bertz CT molecular complexity index is 1710. The molecule has 0 unspecified atom stereocenters. The van der Waals surface area contributed by atoms with Crippen molar-refractivity contribution in [2.45, 2.75) is 12.8 Å². The first-order chi connectivity index (χ1) is 19.8. The van der Waals surface area contributed by atoms with Gasteiger partial charge in [0, 0.05) is 16.7 Å². The van der Waals surface area contributed by atoms with Crippen molar-refractivity contribution in [2.75, 3.05) is 0 Å². The molecule has 7 rings (SSSR count). The third kappa shape index (κ3) is 4.74. The van der Waals surface area contributed by atoms with Crippen molar-refractivity contribution in [1.82, 2.24) is 15.0 Å². The van der Waals surface area contributed by atoms with E-state index < -0.39 is 0 Å². The first kappa shape index (κ1) is 23.9. The minimum absolute atomic E-state index is 0.664. The molecule has 0 saturated carbocycles. The van der Waals surface area contributed by atoms with Gasteiger partial charge in [-0.1, -0.05) is 133 Å². The van der Waals surface area contributed by atoms with Crippen molar-refractivity contribution >= 4 is 11.6 Å². The van der Waals surface area contributed by atoms with Gasteiger partial charge in [0.25, 0.3) is 0 Å². The van der Waals surface area contributed by atoms with E-state index in [9.17, 15) is 0 Å². The van der Waals surface area contributed by atoms with Crippen LogP contribution in [0.4, 0.5) is 0 Å². The minimum atomic E-state index is 0.664. The van der Waals surface area contributed by atoms with Crippen LogP contribution in [0.2, 0.25) is 0 Å². The van der Waals surface area contributed by atoms with Crippen LogP contribution in [0.1, 0.15) is 27.8 Å². The van der Waals surface area contributed by atoms with Gasteiger partial charge in [0.15, 0.2) is 17.5 Å². The average molecular weight is 514 g/mol. The summed E-state index contributed by atoms with van der Waals surface area (Å²) in [4.78, 5) is 14.6. The van der Waals surface area contributed by atoms with Crippen molar-refractivity contribution < 1.29 is 0 Å². The highest BCUT2D eigenvalue weighted by Crippen LogP contribution is 2.35. The Morgan fingerprint density at radius 2 is 0.800 bits per heavy atom. The number of rotatable bonds is 4. The second-order valence-corrected chi connectivity index (χ2v) is 10.0. The third-order valence-electron chi connectivity index (χ3n) is 7.46. The maximum Gasteiger partial charge on any atom is 0.164 e. The minimum Gasteiger partial charge on any atom is -0.208 e. The zero-order valence-electron chi connectivity index (χ0n) is 22.0. The average Bonchev–Trinajstić information content (AvgIpc) is 3.19. The monoisotopic (exact) mass is 513 g/mol. The molecule has 1 heterocycles. The van der Waals surface area contributed by atoms with Gasteiger partial charge in [-0.3, -0.25) is 0 Å². The molecule has 0 spiro atoms. The zero-order valence-corrected chi connectivity index (χ0v) is 22.0. The lowest BCUT2D eigenvalue weighted by molar-refractivity contribution is 0.965. The summed E-state index contributed by atoms with van der Waals surface area (Å²) in [5, 5.41) is 0. The van der Waals surface area contributed by atoms with Crippen molar-refractivity contribution in [2.24, 2.45) is 0 Å². The first-order valence-corrected chi connectivity index (χ1v) is 13.7. The van der Waals surface area contributed by atoms with Crippen LogP contribution in [0.15, 0.2) is 133 Å². The normalized spacial score (nSPS) is 12.2. The SMILES string of the molecule is C(=C1c2ccccc2CCc2ccccc21)c1ccc(-c2nc(-c3ccccc3)nc(-c3ccccc3)n2)cc1. The van der Waals surface area contributed by atoms with E-state index in [0.717, 1.165) is 35.1 Å². The third-order valence-corrected chi connectivity index (χ3v) is 7.46. The highest BCUT2D eigenvalue weighted by Gasteiger charge is 2.18. The summed E-state index contributed by atoms with van der Waals surface area (Å²) in [7, 11) is 0. The van der Waals surface area contributed by atoms with E-state index in [1.165, 1.54) is 27.8 Å². The Morgan fingerprint density at radius 3 is 1.27 bits per heavy atom. The van der Waals surface area contributed by atoms with E-state index >= 15 is 0 Å². The van der Waals surface area contributed by atoms with Gasteiger partial charge >= 0.3 is 0 Å². The fourth-order valence-corrected chi connectivity index (χ4v) is 5.40. The van der Waals surface area contributed by atoms with Crippen LogP contribution in [-0.4, -0.2) is 15.0 Å². The van der Waals surface area contributed by atoms with Crippen LogP contribution in [-0.2, 0) is 12.8 Å². The summed E-state index contributed by atoms with van der Waals surface area (Å²) in [5.74, 6) is 2.00. The smallest absolute Gasteiger partial charge is 0.164 e. The van der Waals surface area contributed by atoms with Crippen molar-refractivity contribution in [3.63, 3.8) is 0 Å². The quantitative estimate of drug-likeness (QED) is 0.237. The van der Waals surface area contributed by atoms with E-state index in [4.69, 9.17) is 15.0 Å². The molecule has 0 N–H and O–H groups in total. The summed E-state index contributed by atoms with van der Waals surface area (Å²) in [6, 6.07) is 46.3. The highest BCUT2D eigenvalue weighted by molar-refractivity contribution is 5.94. The second-order valence-electron chi connectivity index (χ2n) is 10.0. The molecule has 0 aliphatic heterocycles. The van der Waals surface area contributed by atoms with Crippen LogP contribution < -0.4 is 0 Å². The van der Waals surface area contributed by atoms with Crippen LogP contribution in [0.3, 0.4) is 0 Å². The molecular weight excluding hydrogens is 486 g/mol. The molecule has 3 nitrogen and oxygen atoms in total. The summed E-state index contributed by atoms with van der Waals surface area (Å²) in [5.41, 5.74) is 10.7. The standard InChI is InChI=1S/C37H27N3/c1-3-13-29(14-4-1)35-38-36(30-15-5-2-6-16-30)40-37(39-35)31-21-19-26(20-22-31)25-34-32-17-9-7-11-27(32)23-24-28-12-8-10-18-33(28)34/h1-22,25H,23-24H2. The Morgan fingerprint density at radius 1 is 0.400 bits per heavy atom. The number of fused-ring (bicyclic) bond motifs is 2. The summed E-state index contributed by atoms with van der Waals surface area (Å²) < 4.78 is 0. The van der Waals surface area contributed by atoms with Gasteiger partial charge in [0.1, 0.15) is 0 Å². The summed E-state index contributed by atoms with van der Waals surface area (Å²) >= 11 is 0. The Hall–Kier alpha value is -5.15. The molecule has 40 heavy (non-hydrogen) atoms. The Kier molecular flexibility index (Phi) is 6.31. The molecule has 1 aliphatic rings. The molecule has 0 bridgehead atoms. The van der Waals surface area contributed by atoms with Crippen LogP contribution in [0.5, 0.6) is 0 Å². The maximum absolute atomic E-state index is 4.88. The number of benzene rings is 5. The highest BCUT2D eigenvalue weighted by atomic mass is 15.0. The molecule has 0 saturated heterocycles. The van der Waals surface area contributed by atoms with Gasteiger partial charge in [-0.15, -0.1) is 0 Å². The van der Waals surface area contributed by atoms with E-state index in [1.54, 1.807) is 0 Å². The Balaban J connectivity index is 1.31. The fraction of sp³-hybridized carbons (Fsp3) is 0.0541. The van der Waals surface area contributed by atoms with Crippen molar-refractivity contribution in [3.8, 4) is 34.2 Å². The zero-order chi connectivity index (χ0) is 26.7. The molecule has 0 radical (unpaired) electrons. The molecule has 3 heteroatoms. The number of aromatic nitrogens is 3. The summed E-state index contributed by atoms with van der Waals surface area (Å²) in [6.07, 6.45) is 4.41. The second kappa shape index (κ2) is 10.5. The predicted molar refractivity (Wildman–Crippen MR) is 163 cm³/mol. The Labute approximate surface area is 234 Å². The number of aryl methyl sites for hydroxylation is 2. The van der Waals surface area contributed by atoms with Gasteiger partial charge in [-0.25, -0.2) is 15.0 Å². The molecule has 190 valence electrons. The molecule has 0 atom stereocenters. The summed E-state index contributed by atoms with van der Waals surface area (Å²) in [6.45, 7) is 0. The number of nitrogens with zero attached hydrogens (tertiary/aromatic N) is 3. The molecule has 5 aromatic carbocycles. The molecule has 1 aromatic heterocycles. The molecule has 1 aliphatic carbocycles. The lowest BCUT2D eigenvalue weighted by Gasteiger charge is -2.12. The topological polar surface area (TPSA) is 38.7 Å². The van der Waals surface area contributed by atoms with Gasteiger partial charge in [-0.05, 0) is 52.3 Å². The fourth-order valence-electron chi connectivity index (χ4n) is 5.40. The van der Waals surface area contributed by atoms with Crippen molar-refractivity contribution in [3.05, 3.63) is 161 Å². The van der Waals surface area contributed by atoms with E-state index in [0.29, 0.717) is 17.5 Å². The molecule has 0 fully saturated rings. The van der Waals surface area contributed by atoms with E-state index in [-0.39, 0.29) is 0 Å². The molecule has 6 aromatic rings. The maximum atomic E-state index is 4.88. The largest absolute Gasteiger partial charge is 0.208 e. The predicted octanol–water partition coefficient (Wildman–Crippen LogP) is 8.56. The van der Waals surface area contributed by atoms with Crippen LogP contribution in [0.25, 0.3) is 45.8 Å². The molecular formula is C37H27N3. The first-order valence-electron chi connectivity index (χ1n) is 13.7. The van der Waals surface area contributed by atoms with Gasteiger partial charge in [-0.2, -0.15) is 0 Å². The lowest BCUT2D eigenvalue weighted by atomic mass is 9.92. The number of hydrogen-bond acceptors (Lipinski definition) is 3. The van der Waals surface area contributed by atoms with Crippen LogP contribution in [0, 0.1) is 0 Å². The van der Waals surface area contributed by atoms with E-state index in [1.807, 2.05) is 60.7 Å². The van der Waals surface area contributed by atoms with Crippen molar-refractivity contribution in [1.29, 1.82) is 0 Å². The van der Waals surface area contributed by atoms with Gasteiger partial charge < -0.3 is 0 Å². The number of hydrogen-bond donors (Lipinski definition) is 0.